The number of fused-ring (bicyclic) bond motifs is 1. The number of likely N-dealkylation sites (tertiary alicyclic amines) is 1. The molecule has 5 rings (SSSR count). The number of rotatable bonds is 9. The Balaban J connectivity index is 0.00000353. The maximum atomic E-state index is 14.1. The van der Waals surface area contributed by atoms with Crippen LogP contribution in [0.1, 0.15) is 69.9 Å². The van der Waals surface area contributed by atoms with Gasteiger partial charge in [-0.25, -0.2) is 9.18 Å². The van der Waals surface area contributed by atoms with Crippen LogP contribution >= 0.6 is 12.4 Å². The molecule has 1 saturated heterocycles. The summed E-state index contributed by atoms with van der Waals surface area (Å²) in [5.41, 5.74) is 9.16. The van der Waals surface area contributed by atoms with Gasteiger partial charge in [-0.1, -0.05) is 43.3 Å². The van der Waals surface area contributed by atoms with E-state index in [-0.39, 0.29) is 24.9 Å². The van der Waals surface area contributed by atoms with Crippen molar-refractivity contribution in [3.8, 4) is 0 Å². The molecule has 1 heterocycles. The second-order valence-electron chi connectivity index (χ2n) is 10.6. The molecule has 1 fully saturated rings. The number of carboxylic acids is 1. The zero-order chi connectivity index (χ0) is 26.6. The number of halogens is 3. The molecule has 1 aliphatic carbocycles. The molecule has 0 bridgehead atoms. The first-order chi connectivity index (χ1) is 18.5. The molecule has 2 aliphatic rings. The quantitative estimate of drug-likeness (QED) is 0.297. The highest BCUT2D eigenvalue weighted by Crippen LogP contribution is 2.41. The summed E-state index contributed by atoms with van der Waals surface area (Å²) in [6.07, 6.45) is 4.89. The van der Waals surface area contributed by atoms with Crippen LogP contribution in [0.2, 0.25) is 0 Å². The lowest BCUT2D eigenvalue weighted by Gasteiger charge is -2.39. The van der Waals surface area contributed by atoms with Crippen molar-refractivity contribution in [3.05, 3.63) is 105 Å². The van der Waals surface area contributed by atoms with E-state index >= 15 is 0 Å². The van der Waals surface area contributed by atoms with E-state index in [1.165, 1.54) is 17.2 Å². The van der Waals surface area contributed by atoms with Crippen molar-refractivity contribution in [1.82, 2.24) is 4.90 Å². The van der Waals surface area contributed by atoms with Crippen LogP contribution in [0.25, 0.3) is 11.1 Å². The summed E-state index contributed by atoms with van der Waals surface area (Å²) < 4.78 is 26.6. The number of nitrogens with zero attached hydrogens (tertiary/aromatic N) is 1. The van der Waals surface area contributed by atoms with Crippen molar-refractivity contribution in [2.24, 2.45) is 5.92 Å². The van der Waals surface area contributed by atoms with E-state index in [4.69, 9.17) is 0 Å². The van der Waals surface area contributed by atoms with Gasteiger partial charge < -0.3 is 10.0 Å². The van der Waals surface area contributed by atoms with Crippen LogP contribution in [0.4, 0.5) is 8.78 Å². The lowest BCUT2D eigenvalue weighted by molar-refractivity contribution is 0.0696. The highest BCUT2D eigenvalue weighted by molar-refractivity contribution is 6.01. The van der Waals surface area contributed by atoms with Crippen LogP contribution in [0.5, 0.6) is 0 Å². The van der Waals surface area contributed by atoms with Crippen LogP contribution in [-0.4, -0.2) is 42.3 Å². The van der Waals surface area contributed by atoms with E-state index in [1.54, 1.807) is 12.1 Å². The van der Waals surface area contributed by atoms with Gasteiger partial charge in [0.1, 0.15) is 5.82 Å². The Hall–Kier alpha value is -3.02. The molecule has 0 aromatic heterocycles. The minimum Gasteiger partial charge on any atom is -0.478 e. The molecule has 206 valence electrons. The Labute approximate surface area is 236 Å². The molecule has 0 saturated carbocycles. The lowest BCUT2D eigenvalue weighted by Crippen LogP contribution is -2.47. The van der Waals surface area contributed by atoms with Gasteiger partial charge in [0.05, 0.1) is 12.2 Å². The number of aryl methyl sites for hydroxylation is 2. The van der Waals surface area contributed by atoms with Crippen molar-refractivity contribution in [3.63, 3.8) is 0 Å². The van der Waals surface area contributed by atoms with Crippen LogP contribution in [-0.2, 0) is 19.3 Å². The first-order valence-electron chi connectivity index (χ1n) is 13.7. The van der Waals surface area contributed by atoms with Gasteiger partial charge in [-0.15, -0.1) is 12.4 Å². The van der Waals surface area contributed by atoms with Crippen LogP contribution in [0, 0.1) is 11.7 Å². The summed E-state index contributed by atoms with van der Waals surface area (Å²) >= 11 is 0. The Morgan fingerprint density at radius 2 is 1.74 bits per heavy atom. The normalized spacial score (nSPS) is 15.8. The third-order valence-electron chi connectivity index (χ3n) is 7.98. The van der Waals surface area contributed by atoms with E-state index < -0.39 is 5.97 Å². The number of aromatic carboxylic acids is 1. The summed E-state index contributed by atoms with van der Waals surface area (Å²) in [4.78, 5) is 14.0. The van der Waals surface area contributed by atoms with E-state index in [0.29, 0.717) is 17.9 Å². The summed E-state index contributed by atoms with van der Waals surface area (Å²) in [5, 5.41) is 9.58. The lowest BCUT2D eigenvalue weighted by atomic mass is 9.84. The molecule has 0 amide bonds. The molecular formula is C33H36ClF2NO2. The molecule has 3 aromatic rings. The van der Waals surface area contributed by atoms with Gasteiger partial charge in [0, 0.05) is 19.6 Å². The fourth-order valence-corrected chi connectivity index (χ4v) is 6.08. The molecule has 0 unspecified atom stereocenters. The molecule has 6 heteroatoms. The predicted octanol–water partition coefficient (Wildman–Crippen LogP) is 7.64. The van der Waals surface area contributed by atoms with Crippen LogP contribution in [0.15, 0.2) is 60.7 Å². The molecular weight excluding hydrogens is 516 g/mol. The summed E-state index contributed by atoms with van der Waals surface area (Å²) in [6.45, 7) is 4.70. The SMILES string of the molecule is CCc1cc(F)ccc1C1=C(c2ccc(CC3CN(CCCF)C3)cc2)c2ccc(C(=O)O)cc2CCC1.Cl. The average Bonchev–Trinajstić information content (AvgIpc) is 3.09. The van der Waals surface area contributed by atoms with E-state index in [1.807, 2.05) is 18.2 Å². The molecule has 39 heavy (non-hydrogen) atoms. The molecule has 1 N–H and O–H groups in total. The van der Waals surface area contributed by atoms with Crippen LogP contribution in [0.3, 0.4) is 0 Å². The fraction of sp³-hybridized carbons (Fsp3) is 0.364. The third-order valence-corrected chi connectivity index (χ3v) is 7.98. The van der Waals surface area contributed by atoms with Crippen molar-refractivity contribution in [1.29, 1.82) is 0 Å². The summed E-state index contributed by atoms with van der Waals surface area (Å²) in [5.74, 6) is -0.538. The van der Waals surface area contributed by atoms with Gasteiger partial charge in [-0.3, -0.25) is 4.39 Å². The minimum absolute atomic E-state index is 0. The number of carbonyl (C=O) groups is 1. The maximum absolute atomic E-state index is 14.1. The zero-order valence-electron chi connectivity index (χ0n) is 22.4. The molecule has 0 radical (unpaired) electrons. The minimum atomic E-state index is -0.918. The predicted molar refractivity (Wildman–Crippen MR) is 156 cm³/mol. The Bertz CT molecular complexity index is 1350. The zero-order valence-corrected chi connectivity index (χ0v) is 23.2. The number of allylic oxidation sites excluding steroid dienone is 1. The molecule has 0 atom stereocenters. The van der Waals surface area contributed by atoms with Crippen LogP contribution < -0.4 is 0 Å². The van der Waals surface area contributed by atoms with Crippen molar-refractivity contribution in [2.45, 2.75) is 45.4 Å². The first-order valence-corrected chi connectivity index (χ1v) is 13.7. The summed E-state index contributed by atoms with van der Waals surface area (Å²) in [7, 11) is 0. The Morgan fingerprint density at radius 3 is 2.44 bits per heavy atom. The van der Waals surface area contributed by atoms with Gasteiger partial charge >= 0.3 is 5.97 Å². The van der Waals surface area contributed by atoms with Gasteiger partial charge in [0.25, 0.3) is 0 Å². The Morgan fingerprint density at radius 1 is 1.00 bits per heavy atom. The van der Waals surface area contributed by atoms with Gasteiger partial charge in [0.15, 0.2) is 0 Å². The number of hydrogen-bond donors (Lipinski definition) is 1. The van der Waals surface area contributed by atoms with Crippen molar-refractivity contribution >= 4 is 29.5 Å². The van der Waals surface area contributed by atoms with Gasteiger partial charge in [-0.2, -0.15) is 0 Å². The highest BCUT2D eigenvalue weighted by atomic mass is 35.5. The number of carboxylic acid groups (broad SMARTS) is 1. The van der Waals surface area contributed by atoms with E-state index in [0.717, 1.165) is 85.1 Å². The maximum Gasteiger partial charge on any atom is 0.335 e. The standard InChI is InChI=1S/C33H35F2NO2.ClH/c1-2-24-19-28(35)12-14-29(24)31-6-3-5-26-18-27(33(37)38)11-13-30(26)32(31)25-9-7-22(8-10-25)17-23-20-36(21-23)16-4-15-34;/h7-14,18-19,23H,2-6,15-17,20-21H2,1H3,(H,37,38);1H. The third kappa shape index (κ3) is 6.42. The Kier molecular flexibility index (Phi) is 9.58. The van der Waals surface area contributed by atoms with Gasteiger partial charge in [0.2, 0.25) is 0 Å². The first kappa shape index (κ1) is 29.0. The highest BCUT2D eigenvalue weighted by Gasteiger charge is 2.26. The number of alkyl halides is 1. The molecule has 3 aromatic carbocycles. The molecule has 0 spiro atoms. The summed E-state index contributed by atoms with van der Waals surface area (Å²) in [6, 6.07) is 19.3. The fourth-order valence-electron chi connectivity index (χ4n) is 6.08. The van der Waals surface area contributed by atoms with E-state index in [2.05, 4.69) is 36.1 Å². The van der Waals surface area contributed by atoms with Crippen molar-refractivity contribution < 1.29 is 18.7 Å². The molecule has 3 nitrogen and oxygen atoms in total. The number of benzene rings is 3. The van der Waals surface area contributed by atoms with Crippen molar-refractivity contribution in [2.75, 3.05) is 26.3 Å². The molecule has 1 aliphatic heterocycles. The van der Waals surface area contributed by atoms with E-state index in [9.17, 15) is 18.7 Å². The largest absolute Gasteiger partial charge is 0.478 e. The second-order valence-corrected chi connectivity index (χ2v) is 10.6. The average molecular weight is 552 g/mol. The second kappa shape index (κ2) is 12.9. The monoisotopic (exact) mass is 551 g/mol. The topological polar surface area (TPSA) is 40.5 Å². The smallest absolute Gasteiger partial charge is 0.335 e. The number of hydrogen-bond acceptors (Lipinski definition) is 2. The van der Waals surface area contributed by atoms with Gasteiger partial charge in [-0.05, 0) is 113 Å².